The molecule has 0 amide bonds. The fourth-order valence-electron chi connectivity index (χ4n) is 3.19. The number of nitro groups is 1. The predicted molar refractivity (Wildman–Crippen MR) is 110 cm³/mol. The quantitative estimate of drug-likeness (QED) is 0.501. The van der Waals surface area contributed by atoms with Gasteiger partial charge in [0.15, 0.2) is 5.75 Å². The highest BCUT2D eigenvalue weighted by atomic mass is 35.5. The molecule has 0 atom stereocenters. The molecule has 2 aromatic rings. The van der Waals surface area contributed by atoms with Gasteiger partial charge in [-0.25, -0.2) is 13.1 Å². The van der Waals surface area contributed by atoms with Gasteiger partial charge in [0.2, 0.25) is 10.0 Å². The maximum absolute atomic E-state index is 12.5. The molecule has 1 heterocycles. The largest absolute Gasteiger partial charge is 0.485 e. The van der Waals surface area contributed by atoms with E-state index < -0.39 is 14.9 Å². The van der Waals surface area contributed by atoms with E-state index in [2.05, 4.69) is 9.62 Å². The number of halogens is 1. The van der Waals surface area contributed by atoms with Crippen LogP contribution in [-0.4, -0.2) is 50.5 Å². The van der Waals surface area contributed by atoms with Crippen molar-refractivity contribution >= 4 is 27.3 Å². The minimum absolute atomic E-state index is 0.0529. The smallest absolute Gasteiger partial charge is 0.310 e. The van der Waals surface area contributed by atoms with Crippen LogP contribution < -0.4 is 9.46 Å². The van der Waals surface area contributed by atoms with Crippen LogP contribution >= 0.6 is 11.6 Å². The first-order valence-electron chi connectivity index (χ1n) is 9.21. The highest BCUT2D eigenvalue weighted by Crippen LogP contribution is 2.25. The van der Waals surface area contributed by atoms with Gasteiger partial charge in [0.1, 0.15) is 6.61 Å². The minimum Gasteiger partial charge on any atom is -0.485 e. The molecular formula is C19H22ClN3O5S. The molecule has 0 bridgehead atoms. The summed E-state index contributed by atoms with van der Waals surface area (Å²) in [5.74, 6) is 0.253. The molecule has 0 unspecified atom stereocenters. The van der Waals surface area contributed by atoms with Crippen LogP contribution in [0.25, 0.3) is 0 Å². The number of rotatable bonds is 8. The van der Waals surface area contributed by atoms with Gasteiger partial charge in [0.05, 0.1) is 9.82 Å². The van der Waals surface area contributed by atoms with Gasteiger partial charge in [-0.05, 0) is 56.3 Å². The summed E-state index contributed by atoms with van der Waals surface area (Å²) in [6, 6.07) is 12.2. The van der Waals surface area contributed by atoms with Crippen LogP contribution in [-0.2, 0) is 10.0 Å². The zero-order valence-corrected chi connectivity index (χ0v) is 17.2. The maximum Gasteiger partial charge on any atom is 0.310 e. The molecule has 29 heavy (non-hydrogen) atoms. The van der Waals surface area contributed by atoms with Crippen molar-refractivity contribution in [2.24, 2.45) is 0 Å². The summed E-state index contributed by atoms with van der Waals surface area (Å²) >= 11 is 5.81. The molecule has 3 rings (SSSR count). The third-order valence-electron chi connectivity index (χ3n) is 4.76. The molecule has 1 aliphatic heterocycles. The number of nitro benzene ring substituents is 1. The fraction of sp³-hybridized carbons (Fsp3) is 0.368. The molecule has 0 aliphatic carbocycles. The number of para-hydroxylation sites is 2. The van der Waals surface area contributed by atoms with E-state index in [1.54, 1.807) is 30.3 Å². The van der Waals surface area contributed by atoms with Crippen LogP contribution in [0.15, 0.2) is 53.4 Å². The van der Waals surface area contributed by atoms with E-state index in [0.29, 0.717) is 44.1 Å². The fourth-order valence-corrected chi connectivity index (χ4v) is 4.62. The van der Waals surface area contributed by atoms with Crippen molar-refractivity contribution in [3.8, 4) is 5.75 Å². The first-order chi connectivity index (χ1) is 13.8. The van der Waals surface area contributed by atoms with Gasteiger partial charge in [0.25, 0.3) is 0 Å². The molecule has 1 N–H and O–H groups in total. The maximum atomic E-state index is 12.5. The van der Waals surface area contributed by atoms with Gasteiger partial charge < -0.3 is 4.74 Å². The Morgan fingerprint density at radius 3 is 2.45 bits per heavy atom. The summed E-state index contributed by atoms with van der Waals surface area (Å²) in [6.45, 7) is 2.37. The molecular weight excluding hydrogens is 418 g/mol. The van der Waals surface area contributed by atoms with Gasteiger partial charge in [-0.1, -0.05) is 23.7 Å². The molecule has 2 aromatic carbocycles. The number of hydrogen-bond acceptors (Lipinski definition) is 6. The molecule has 0 saturated carbocycles. The molecule has 0 radical (unpaired) electrons. The second kappa shape index (κ2) is 9.53. The van der Waals surface area contributed by atoms with Crippen LogP contribution in [0.2, 0.25) is 5.02 Å². The topological polar surface area (TPSA) is 102 Å². The third-order valence-corrected chi connectivity index (χ3v) is 6.55. The number of likely N-dealkylation sites (tertiary alicyclic amines) is 1. The third kappa shape index (κ3) is 5.89. The lowest BCUT2D eigenvalue weighted by molar-refractivity contribution is -0.385. The Balaban J connectivity index is 1.45. The average molecular weight is 440 g/mol. The summed E-state index contributed by atoms with van der Waals surface area (Å²) in [4.78, 5) is 12.9. The number of piperidine rings is 1. The molecule has 1 fully saturated rings. The number of ether oxygens (including phenoxy) is 1. The predicted octanol–water partition coefficient (Wildman–Crippen LogP) is 3.07. The lowest BCUT2D eigenvalue weighted by atomic mass is 10.1. The second-order valence-corrected chi connectivity index (χ2v) is 8.91. The van der Waals surface area contributed by atoms with Gasteiger partial charge >= 0.3 is 5.69 Å². The van der Waals surface area contributed by atoms with Gasteiger partial charge in [0, 0.05) is 23.7 Å². The van der Waals surface area contributed by atoms with Crippen LogP contribution in [0.4, 0.5) is 5.69 Å². The molecule has 10 heteroatoms. The number of sulfonamides is 1. The van der Waals surface area contributed by atoms with Crippen LogP contribution in [0.3, 0.4) is 0 Å². The van der Waals surface area contributed by atoms with E-state index in [9.17, 15) is 18.5 Å². The molecule has 1 saturated heterocycles. The molecule has 0 spiro atoms. The first kappa shape index (κ1) is 21.5. The molecule has 1 aliphatic rings. The summed E-state index contributed by atoms with van der Waals surface area (Å²) < 4.78 is 33.3. The summed E-state index contributed by atoms with van der Waals surface area (Å²) in [7, 11) is -3.58. The first-order valence-corrected chi connectivity index (χ1v) is 11.1. The Morgan fingerprint density at radius 2 is 1.79 bits per heavy atom. The number of nitrogens with zero attached hydrogens (tertiary/aromatic N) is 2. The second-order valence-electron chi connectivity index (χ2n) is 6.76. The standard InChI is InChI=1S/C19H22ClN3O5S/c20-15-5-7-17(8-6-15)29(26,27)21-16-9-11-22(12-10-16)13-14-28-19-4-2-1-3-18(19)23(24)25/h1-8,16,21H,9-14H2. The summed E-state index contributed by atoms with van der Waals surface area (Å²) in [6.07, 6.45) is 1.36. The van der Waals surface area contributed by atoms with Crippen molar-refractivity contribution in [3.63, 3.8) is 0 Å². The van der Waals surface area contributed by atoms with Crippen molar-refractivity contribution in [1.82, 2.24) is 9.62 Å². The van der Waals surface area contributed by atoms with Crippen LogP contribution in [0.5, 0.6) is 5.75 Å². The van der Waals surface area contributed by atoms with Crippen LogP contribution in [0, 0.1) is 10.1 Å². The Kier molecular flexibility index (Phi) is 7.07. The van der Waals surface area contributed by atoms with E-state index in [1.165, 1.54) is 18.2 Å². The summed E-state index contributed by atoms with van der Waals surface area (Å²) in [5, 5.41) is 11.5. The highest BCUT2D eigenvalue weighted by molar-refractivity contribution is 7.89. The van der Waals surface area contributed by atoms with Crippen molar-refractivity contribution < 1.29 is 18.1 Å². The Labute approximate surface area is 174 Å². The van der Waals surface area contributed by atoms with E-state index in [0.717, 1.165) is 0 Å². The Bertz CT molecular complexity index is 945. The molecule has 156 valence electrons. The van der Waals surface area contributed by atoms with Gasteiger partial charge in [-0.2, -0.15) is 0 Å². The number of benzene rings is 2. The number of hydrogen-bond donors (Lipinski definition) is 1. The average Bonchev–Trinajstić information content (AvgIpc) is 2.70. The molecule has 0 aromatic heterocycles. The van der Waals surface area contributed by atoms with Gasteiger partial charge in [-0.3, -0.25) is 15.0 Å². The lowest BCUT2D eigenvalue weighted by Crippen LogP contribution is -2.45. The zero-order valence-electron chi connectivity index (χ0n) is 15.7. The van der Waals surface area contributed by atoms with E-state index in [-0.39, 0.29) is 22.4 Å². The Hall–Kier alpha value is -2.20. The minimum atomic E-state index is -3.58. The van der Waals surface area contributed by atoms with Crippen molar-refractivity contribution in [2.45, 2.75) is 23.8 Å². The Morgan fingerprint density at radius 1 is 1.14 bits per heavy atom. The van der Waals surface area contributed by atoms with Gasteiger partial charge in [-0.15, -0.1) is 0 Å². The normalized spacial score (nSPS) is 15.9. The van der Waals surface area contributed by atoms with Crippen molar-refractivity contribution in [2.75, 3.05) is 26.2 Å². The van der Waals surface area contributed by atoms with E-state index >= 15 is 0 Å². The van der Waals surface area contributed by atoms with E-state index in [1.807, 2.05) is 0 Å². The van der Waals surface area contributed by atoms with Crippen molar-refractivity contribution in [1.29, 1.82) is 0 Å². The lowest BCUT2D eigenvalue weighted by Gasteiger charge is -2.32. The van der Waals surface area contributed by atoms with Crippen LogP contribution in [0.1, 0.15) is 12.8 Å². The van der Waals surface area contributed by atoms with E-state index in [4.69, 9.17) is 16.3 Å². The number of nitrogens with one attached hydrogen (secondary N) is 1. The molecule has 8 nitrogen and oxygen atoms in total. The summed E-state index contributed by atoms with van der Waals surface area (Å²) in [5.41, 5.74) is -0.0529. The zero-order chi connectivity index (χ0) is 20.9. The SMILES string of the molecule is O=[N+]([O-])c1ccccc1OCCN1CCC(NS(=O)(=O)c2ccc(Cl)cc2)CC1. The highest BCUT2D eigenvalue weighted by Gasteiger charge is 2.24. The van der Waals surface area contributed by atoms with Crippen molar-refractivity contribution in [3.05, 3.63) is 63.7 Å². The monoisotopic (exact) mass is 439 g/mol.